The van der Waals surface area contributed by atoms with Crippen LogP contribution in [0.4, 0.5) is 0 Å². The van der Waals surface area contributed by atoms with Crippen LogP contribution in [0.25, 0.3) is 11.4 Å². The van der Waals surface area contributed by atoms with Gasteiger partial charge >= 0.3 is 5.97 Å². The van der Waals surface area contributed by atoms with E-state index in [4.69, 9.17) is 9.84 Å². The van der Waals surface area contributed by atoms with Gasteiger partial charge in [0.25, 0.3) is 5.56 Å². The summed E-state index contributed by atoms with van der Waals surface area (Å²) in [5.74, 6) is -0.657. The first kappa shape index (κ1) is 11.5. The van der Waals surface area contributed by atoms with E-state index in [-0.39, 0.29) is 5.56 Å². The summed E-state index contributed by atoms with van der Waals surface area (Å²) in [7, 11) is 0. The Labute approximate surface area is 107 Å². The number of hydrogen-bond acceptors (Lipinski definition) is 4. The quantitative estimate of drug-likeness (QED) is 0.798. The van der Waals surface area contributed by atoms with Crippen LogP contribution in [0.5, 0.6) is 5.75 Å². The summed E-state index contributed by atoms with van der Waals surface area (Å²) in [5.41, 5.74) is 0.879. The third kappa shape index (κ3) is 1.87. The van der Waals surface area contributed by atoms with Crippen LogP contribution in [0.3, 0.4) is 0 Å². The molecule has 0 aliphatic carbocycles. The molecular formula is C13H10N2O4. The van der Waals surface area contributed by atoms with Gasteiger partial charge in [0.05, 0.1) is 12.3 Å². The molecule has 0 aromatic carbocycles. The Morgan fingerprint density at radius 1 is 1.47 bits per heavy atom. The first-order valence-corrected chi connectivity index (χ1v) is 5.74. The summed E-state index contributed by atoms with van der Waals surface area (Å²) in [6.45, 7) is 0.413. The molecule has 0 saturated carbocycles. The van der Waals surface area contributed by atoms with Crippen molar-refractivity contribution in [1.29, 1.82) is 0 Å². The molecule has 1 aliphatic heterocycles. The average Bonchev–Trinajstić information content (AvgIpc) is 2.57. The number of aromatic nitrogens is 2. The molecule has 0 fully saturated rings. The summed E-state index contributed by atoms with van der Waals surface area (Å²) in [6.07, 6.45) is 2.11. The standard InChI is InChI=1S/C13H10N2O4/c16-12-8(13(17)18)6-7-3-5-19-9-2-1-4-14-11(9)10(7)15-12/h1-2,4,6H,3,5H2,(H,15,16)(H,17,18). The molecule has 0 radical (unpaired) electrons. The van der Waals surface area contributed by atoms with Crippen LogP contribution in [0.15, 0.2) is 29.2 Å². The molecule has 6 heteroatoms. The van der Waals surface area contributed by atoms with Gasteiger partial charge in [-0.1, -0.05) is 0 Å². The molecule has 2 aromatic heterocycles. The van der Waals surface area contributed by atoms with E-state index in [1.165, 1.54) is 6.07 Å². The fourth-order valence-electron chi connectivity index (χ4n) is 2.11. The predicted octanol–water partition coefficient (Wildman–Crippen LogP) is 1.07. The van der Waals surface area contributed by atoms with E-state index in [1.807, 2.05) is 0 Å². The number of ether oxygens (including phenoxy) is 1. The number of nitrogens with zero attached hydrogens (tertiary/aromatic N) is 1. The molecule has 19 heavy (non-hydrogen) atoms. The zero-order valence-electron chi connectivity index (χ0n) is 9.84. The fraction of sp³-hybridized carbons (Fsp3) is 0.154. The number of hydrogen-bond donors (Lipinski definition) is 2. The second-order valence-electron chi connectivity index (χ2n) is 4.17. The Bertz CT molecular complexity index is 721. The van der Waals surface area contributed by atoms with Gasteiger partial charge in [-0.3, -0.25) is 9.78 Å². The van der Waals surface area contributed by atoms with Crippen molar-refractivity contribution >= 4 is 5.97 Å². The van der Waals surface area contributed by atoms with Gasteiger partial charge in [-0.05, 0) is 23.8 Å². The lowest BCUT2D eigenvalue weighted by Crippen LogP contribution is -2.19. The fourth-order valence-corrected chi connectivity index (χ4v) is 2.11. The first-order valence-electron chi connectivity index (χ1n) is 5.74. The minimum absolute atomic E-state index is 0.266. The average molecular weight is 258 g/mol. The van der Waals surface area contributed by atoms with Crippen LogP contribution < -0.4 is 10.3 Å². The third-order valence-corrected chi connectivity index (χ3v) is 2.99. The lowest BCUT2D eigenvalue weighted by molar-refractivity contribution is 0.0695. The van der Waals surface area contributed by atoms with Gasteiger partial charge in [0.1, 0.15) is 17.0 Å². The van der Waals surface area contributed by atoms with Crippen LogP contribution in [0.2, 0.25) is 0 Å². The molecule has 1 aliphatic rings. The SMILES string of the molecule is O=C(O)c1cc2c([nH]c1=O)-c1ncccc1OCC2. The second kappa shape index (κ2) is 4.24. The number of carboxylic acids is 1. The molecule has 2 aromatic rings. The predicted molar refractivity (Wildman–Crippen MR) is 66.5 cm³/mol. The number of rotatable bonds is 1. The molecular weight excluding hydrogens is 248 g/mol. The van der Waals surface area contributed by atoms with Gasteiger partial charge in [0.2, 0.25) is 0 Å². The summed E-state index contributed by atoms with van der Waals surface area (Å²) >= 11 is 0. The van der Waals surface area contributed by atoms with E-state index in [0.29, 0.717) is 30.2 Å². The van der Waals surface area contributed by atoms with Crippen molar-refractivity contribution in [2.45, 2.75) is 6.42 Å². The highest BCUT2D eigenvalue weighted by atomic mass is 16.5. The highest BCUT2D eigenvalue weighted by Gasteiger charge is 2.20. The molecule has 0 unspecified atom stereocenters. The number of aromatic carboxylic acids is 1. The van der Waals surface area contributed by atoms with Crippen LogP contribution in [0.1, 0.15) is 15.9 Å². The number of carbonyl (C=O) groups is 1. The highest BCUT2D eigenvalue weighted by Crippen LogP contribution is 2.31. The van der Waals surface area contributed by atoms with Crippen molar-refractivity contribution in [3.8, 4) is 17.1 Å². The van der Waals surface area contributed by atoms with Crippen LogP contribution >= 0.6 is 0 Å². The Hall–Kier alpha value is -2.63. The monoisotopic (exact) mass is 258 g/mol. The maximum atomic E-state index is 11.7. The van der Waals surface area contributed by atoms with Crippen molar-refractivity contribution in [3.63, 3.8) is 0 Å². The van der Waals surface area contributed by atoms with Crippen molar-refractivity contribution in [3.05, 3.63) is 45.9 Å². The third-order valence-electron chi connectivity index (χ3n) is 2.99. The molecule has 3 heterocycles. The van der Waals surface area contributed by atoms with Crippen molar-refractivity contribution < 1.29 is 14.6 Å². The minimum Gasteiger partial charge on any atom is -0.491 e. The van der Waals surface area contributed by atoms with E-state index in [2.05, 4.69) is 9.97 Å². The van der Waals surface area contributed by atoms with Crippen molar-refractivity contribution in [1.82, 2.24) is 9.97 Å². The summed E-state index contributed by atoms with van der Waals surface area (Å²) in [5, 5.41) is 8.97. The summed E-state index contributed by atoms with van der Waals surface area (Å²) in [4.78, 5) is 29.5. The van der Waals surface area contributed by atoms with Gasteiger partial charge in [0, 0.05) is 12.6 Å². The normalized spacial score (nSPS) is 12.8. The van der Waals surface area contributed by atoms with E-state index in [0.717, 1.165) is 5.56 Å². The topological polar surface area (TPSA) is 92.3 Å². The molecule has 0 atom stereocenters. The smallest absolute Gasteiger partial charge is 0.341 e. The van der Waals surface area contributed by atoms with Gasteiger partial charge in [-0.15, -0.1) is 0 Å². The molecule has 6 nitrogen and oxygen atoms in total. The minimum atomic E-state index is -1.24. The molecule has 2 N–H and O–H groups in total. The maximum absolute atomic E-state index is 11.7. The summed E-state index contributed by atoms with van der Waals surface area (Å²) in [6, 6.07) is 4.90. The van der Waals surface area contributed by atoms with Crippen LogP contribution in [0, 0.1) is 0 Å². The molecule has 96 valence electrons. The summed E-state index contributed by atoms with van der Waals surface area (Å²) < 4.78 is 5.54. The lowest BCUT2D eigenvalue weighted by Gasteiger charge is -2.07. The highest BCUT2D eigenvalue weighted by molar-refractivity contribution is 5.88. The zero-order valence-corrected chi connectivity index (χ0v) is 9.84. The number of aromatic amines is 1. The van der Waals surface area contributed by atoms with Crippen molar-refractivity contribution in [2.75, 3.05) is 6.61 Å². The van der Waals surface area contributed by atoms with Crippen LogP contribution in [-0.4, -0.2) is 27.7 Å². The number of nitrogens with one attached hydrogen (secondary N) is 1. The Morgan fingerprint density at radius 2 is 2.32 bits per heavy atom. The van der Waals surface area contributed by atoms with Gasteiger partial charge < -0.3 is 14.8 Å². The molecule has 0 bridgehead atoms. The van der Waals surface area contributed by atoms with Gasteiger partial charge in [-0.25, -0.2) is 4.79 Å². The maximum Gasteiger partial charge on any atom is 0.341 e. The molecule has 0 spiro atoms. The first-order chi connectivity index (χ1) is 9.16. The number of pyridine rings is 2. The second-order valence-corrected chi connectivity index (χ2v) is 4.17. The van der Waals surface area contributed by atoms with E-state index < -0.39 is 11.5 Å². The van der Waals surface area contributed by atoms with Crippen molar-refractivity contribution in [2.24, 2.45) is 0 Å². The molecule has 0 amide bonds. The van der Waals surface area contributed by atoms with E-state index >= 15 is 0 Å². The Morgan fingerprint density at radius 3 is 3.11 bits per heavy atom. The van der Waals surface area contributed by atoms with Crippen LogP contribution in [-0.2, 0) is 6.42 Å². The van der Waals surface area contributed by atoms with Gasteiger partial charge in [0.15, 0.2) is 0 Å². The largest absolute Gasteiger partial charge is 0.491 e. The molecule has 3 rings (SSSR count). The Kier molecular flexibility index (Phi) is 2.56. The zero-order chi connectivity index (χ0) is 13.4. The molecule has 0 saturated heterocycles. The Balaban J connectivity index is 2.28. The van der Waals surface area contributed by atoms with Gasteiger partial charge in [-0.2, -0.15) is 0 Å². The lowest BCUT2D eigenvalue weighted by atomic mass is 10.1. The van der Waals surface area contributed by atoms with E-state index in [9.17, 15) is 9.59 Å². The number of H-pyrrole nitrogens is 1. The van der Waals surface area contributed by atoms with E-state index in [1.54, 1.807) is 18.3 Å². The number of carboxylic acid groups (broad SMARTS) is 1. The number of fused-ring (bicyclic) bond motifs is 3.